The molecule has 0 radical (unpaired) electrons. The van der Waals surface area contributed by atoms with Crippen molar-refractivity contribution in [1.82, 2.24) is 4.90 Å². The third-order valence-corrected chi connectivity index (χ3v) is 1.57. The van der Waals surface area contributed by atoms with Crippen LogP contribution >= 0.6 is 0 Å². The molecule has 3 atom stereocenters. The Morgan fingerprint density at radius 3 is 1.13 bits per heavy atom. The summed E-state index contributed by atoms with van der Waals surface area (Å²) >= 11 is 0. The molecule has 0 aliphatic heterocycles. The zero-order valence-corrected chi connectivity index (χ0v) is 10.2. The van der Waals surface area contributed by atoms with Crippen molar-refractivity contribution in [2.24, 2.45) is 5.73 Å². The van der Waals surface area contributed by atoms with Crippen molar-refractivity contribution < 1.29 is 15.3 Å². The van der Waals surface area contributed by atoms with Crippen LogP contribution in [0.5, 0.6) is 0 Å². The highest BCUT2D eigenvalue weighted by Gasteiger charge is 2.12. The van der Waals surface area contributed by atoms with Crippen LogP contribution in [0.3, 0.4) is 0 Å². The lowest BCUT2D eigenvalue weighted by molar-refractivity contribution is 0.0530. The van der Waals surface area contributed by atoms with Gasteiger partial charge < -0.3 is 21.1 Å². The Morgan fingerprint density at radius 1 is 0.800 bits per heavy atom. The molecule has 0 amide bonds. The van der Waals surface area contributed by atoms with Crippen LogP contribution in [-0.4, -0.2) is 65.2 Å². The third-order valence-electron chi connectivity index (χ3n) is 1.57. The molecule has 0 fully saturated rings. The maximum Gasteiger partial charge on any atom is 0.0639 e. The molecule has 0 aromatic rings. The largest absolute Gasteiger partial charge is 0.392 e. The number of aliphatic hydroxyl groups excluding tert-OH is 3. The summed E-state index contributed by atoms with van der Waals surface area (Å²) in [5, 5.41) is 27.4. The molecule has 0 aromatic carbocycles. The summed E-state index contributed by atoms with van der Waals surface area (Å²) in [5.74, 6) is 0. The van der Waals surface area contributed by atoms with Crippen molar-refractivity contribution >= 4 is 0 Å². The highest BCUT2D eigenvalue weighted by atomic mass is 16.3. The van der Waals surface area contributed by atoms with Crippen LogP contribution in [0.15, 0.2) is 0 Å². The van der Waals surface area contributed by atoms with E-state index in [-0.39, 0.29) is 0 Å². The van der Waals surface area contributed by atoms with Crippen LogP contribution in [0.25, 0.3) is 0 Å². The predicted molar refractivity (Wildman–Crippen MR) is 61.6 cm³/mol. The smallest absolute Gasteiger partial charge is 0.0639 e. The first-order valence-corrected chi connectivity index (χ1v) is 5.26. The van der Waals surface area contributed by atoms with Gasteiger partial charge in [-0.1, -0.05) is 0 Å². The van der Waals surface area contributed by atoms with Gasteiger partial charge in [-0.3, -0.25) is 4.90 Å². The Labute approximate surface area is 92.5 Å². The van der Waals surface area contributed by atoms with E-state index >= 15 is 0 Å². The van der Waals surface area contributed by atoms with Gasteiger partial charge in [-0.2, -0.15) is 0 Å². The van der Waals surface area contributed by atoms with Crippen LogP contribution in [0.1, 0.15) is 20.8 Å². The van der Waals surface area contributed by atoms with Gasteiger partial charge in [0.1, 0.15) is 0 Å². The molecule has 94 valence electrons. The molecular weight excluding hydrogens is 196 g/mol. The minimum atomic E-state index is -0.433. The van der Waals surface area contributed by atoms with Crippen LogP contribution in [0.4, 0.5) is 0 Å². The highest BCUT2D eigenvalue weighted by molar-refractivity contribution is 4.66. The number of hydrogen-bond donors (Lipinski definition) is 4. The van der Waals surface area contributed by atoms with E-state index in [0.29, 0.717) is 19.6 Å². The predicted octanol–water partition coefficient (Wildman–Crippen LogP) is -0.994. The fourth-order valence-electron chi connectivity index (χ4n) is 1.34. The normalized spacial score (nSPS) is 16.6. The van der Waals surface area contributed by atoms with Crippen molar-refractivity contribution in [2.45, 2.75) is 39.1 Å². The molecule has 0 spiro atoms. The van der Waals surface area contributed by atoms with Crippen molar-refractivity contribution in [3.05, 3.63) is 0 Å². The molecule has 0 bridgehead atoms. The molecule has 0 heterocycles. The van der Waals surface area contributed by atoms with Gasteiger partial charge in [-0.15, -0.1) is 0 Å². The van der Waals surface area contributed by atoms with Gasteiger partial charge in [-0.25, -0.2) is 0 Å². The van der Waals surface area contributed by atoms with Crippen molar-refractivity contribution in [3.63, 3.8) is 0 Å². The minimum Gasteiger partial charge on any atom is -0.392 e. The zero-order valence-electron chi connectivity index (χ0n) is 10.2. The Hall–Kier alpha value is -0.200. The maximum absolute atomic E-state index is 9.14. The molecule has 0 aliphatic rings. The molecule has 0 saturated heterocycles. The molecule has 0 aromatic heterocycles. The molecule has 15 heavy (non-hydrogen) atoms. The number of nitrogens with zero attached hydrogens (tertiary/aromatic N) is 1. The van der Waals surface area contributed by atoms with Gasteiger partial charge in [0.15, 0.2) is 0 Å². The molecule has 3 unspecified atom stereocenters. The standard InChI is InChI=1S/C9H21NO3.CH5N/c1-7(11)4-10(5-8(2)12)6-9(3)13;1-2/h7-9,11-13H,4-6H2,1-3H3;2H2,1H3. The van der Waals surface area contributed by atoms with E-state index in [4.69, 9.17) is 15.3 Å². The summed E-state index contributed by atoms with van der Waals surface area (Å²) in [6, 6.07) is 0. The summed E-state index contributed by atoms with van der Waals surface area (Å²) < 4.78 is 0. The molecule has 5 N–H and O–H groups in total. The summed E-state index contributed by atoms with van der Waals surface area (Å²) in [4.78, 5) is 1.85. The average Bonchev–Trinajstić information content (AvgIpc) is 2.03. The molecule has 0 saturated carbocycles. The molecule has 0 aliphatic carbocycles. The Morgan fingerprint density at radius 2 is 1.00 bits per heavy atom. The van der Waals surface area contributed by atoms with Crippen LogP contribution in [0.2, 0.25) is 0 Å². The van der Waals surface area contributed by atoms with E-state index < -0.39 is 18.3 Å². The molecular formula is C10H26N2O3. The Kier molecular flexibility index (Phi) is 11.8. The number of aliphatic hydroxyl groups is 3. The van der Waals surface area contributed by atoms with Gasteiger partial charge in [0.05, 0.1) is 18.3 Å². The van der Waals surface area contributed by atoms with Gasteiger partial charge in [0.2, 0.25) is 0 Å². The third kappa shape index (κ3) is 13.8. The molecule has 0 rings (SSSR count). The summed E-state index contributed by atoms with van der Waals surface area (Å²) in [5.41, 5.74) is 4.50. The van der Waals surface area contributed by atoms with Crippen LogP contribution in [-0.2, 0) is 0 Å². The lowest BCUT2D eigenvalue weighted by Gasteiger charge is -2.25. The lowest BCUT2D eigenvalue weighted by Crippen LogP contribution is -2.40. The SMILES string of the molecule is CC(O)CN(CC(C)O)CC(C)O.CN. The van der Waals surface area contributed by atoms with E-state index in [1.807, 2.05) is 4.90 Å². The van der Waals surface area contributed by atoms with E-state index in [9.17, 15) is 0 Å². The van der Waals surface area contributed by atoms with Gasteiger partial charge in [0.25, 0.3) is 0 Å². The van der Waals surface area contributed by atoms with E-state index in [0.717, 1.165) is 0 Å². The summed E-state index contributed by atoms with van der Waals surface area (Å²) in [6.07, 6.45) is -1.30. The second kappa shape index (κ2) is 10.3. The second-order valence-corrected chi connectivity index (χ2v) is 3.77. The van der Waals surface area contributed by atoms with Crippen LogP contribution in [0, 0.1) is 0 Å². The summed E-state index contributed by atoms with van der Waals surface area (Å²) in [7, 11) is 1.50. The van der Waals surface area contributed by atoms with Crippen molar-refractivity contribution in [2.75, 3.05) is 26.7 Å². The van der Waals surface area contributed by atoms with Gasteiger partial charge >= 0.3 is 0 Å². The minimum absolute atomic E-state index is 0.433. The molecule has 5 nitrogen and oxygen atoms in total. The van der Waals surface area contributed by atoms with Crippen molar-refractivity contribution in [3.8, 4) is 0 Å². The Balaban J connectivity index is 0. The fourth-order valence-corrected chi connectivity index (χ4v) is 1.34. The maximum atomic E-state index is 9.14. The Bertz CT molecular complexity index is 106. The number of nitrogens with two attached hydrogens (primary N) is 1. The quantitative estimate of drug-likeness (QED) is 0.463. The first-order valence-electron chi connectivity index (χ1n) is 5.26. The summed E-state index contributed by atoms with van der Waals surface area (Å²) in [6.45, 7) is 6.52. The van der Waals surface area contributed by atoms with Gasteiger partial charge in [-0.05, 0) is 27.8 Å². The second-order valence-electron chi connectivity index (χ2n) is 3.77. The van der Waals surface area contributed by atoms with E-state index in [1.54, 1.807) is 20.8 Å². The lowest BCUT2D eigenvalue weighted by atomic mass is 10.2. The fraction of sp³-hybridized carbons (Fsp3) is 1.00. The van der Waals surface area contributed by atoms with Crippen LogP contribution < -0.4 is 5.73 Å². The monoisotopic (exact) mass is 222 g/mol. The molecule has 5 heteroatoms. The van der Waals surface area contributed by atoms with E-state index in [1.165, 1.54) is 7.05 Å². The first-order chi connectivity index (χ1) is 6.91. The van der Waals surface area contributed by atoms with E-state index in [2.05, 4.69) is 5.73 Å². The topological polar surface area (TPSA) is 90.0 Å². The number of rotatable bonds is 6. The number of hydrogen-bond acceptors (Lipinski definition) is 5. The zero-order chi connectivity index (χ0) is 12.4. The average molecular weight is 222 g/mol. The van der Waals surface area contributed by atoms with Crippen molar-refractivity contribution in [1.29, 1.82) is 0 Å². The first kappa shape index (κ1) is 17.2. The van der Waals surface area contributed by atoms with Gasteiger partial charge in [0, 0.05) is 19.6 Å². The highest BCUT2D eigenvalue weighted by Crippen LogP contribution is 1.97.